The molecular weight excluding hydrogens is 154 g/mol. The van der Waals surface area contributed by atoms with Crippen molar-refractivity contribution in [1.29, 1.82) is 0 Å². The molecule has 0 aromatic heterocycles. The Morgan fingerprint density at radius 2 is 1.83 bits per heavy atom. The van der Waals surface area contributed by atoms with Crippen LogP contribution in [0.2, 0.25) is 0 Å². The van der Waals surface area contributed by atoms with Crippen molar-refractivity contribution >= 4 is 0 Å². The highest BCUT2D eigenvalue weighted by atomic mass is 17.2. The van der Waals surface area contributed by atoms with Crippen molar-refractivity contribution in [3.63, 3.8) is 0 Å². The van der Waals surface area contributed by atoms with Crippen LogP contribution < -0.4 is 5.32 Å². The molecule has 0 spiro atoms. The molecule has 0 aliphatic rings. The fourth-order valence-electron chi connectivity index (χ4n) is 0.719. The summed E-state index contributed by atoms with van der Waals surface area (Å²) in [6, 6.07) is 0. The van der Waals surface area contributed by atoms with Gasteiger partial charge in [0, 0.05) is 13.1 Å². The largest absolute Gasteiger partial charge is 0.314 e. The zero-order valence-electron chi connectivity index (χ0n) is 8.64. The van der Waals surface area contributed by atoms with E-state index in [4.69, 9.17) is 9.78 Å². The van der Waals surface area contributed by atoms with Crippen molar-refractivity contribution in [3.05, 3.63) is 0 Å². The first kappa shape index (κ1) is 11.9. The lowest BCUT2D eigenvalue weighted by Gasteiger charge is -2.18. The van der Waals surface area contributed by atoms with E-state index in [0.29, 0.717) is 18.6 Å². The first-order valence-corrected chi connectivity index (χ1v) is 4.51. The van der Waals surface area contributed by atoms with Gasteiger partial charge in [-0.3, -0.25) is 0 Å². The van der Waals surface area contributed by atoms with Gasteiger partial charge in [0.15, 0.2) is 0 Å². The molecule has 0 saturated heterocycles. The third-order valence-electron chi connectivity index (χ3n) is 1.22. The molecule has 0 fully saturated rings. The van der Waals surface area contributed by atoms with Gasteiger partial charge in [-0.2, -0.15) is 0 Å². The van der Waals surface area contributed by atoms with Crippen LogP contribution in [0, 0.1) is 5.41 Å². The Bertz CT molecular complexity index is 99.2. The summed E-state index contributed by atoms with van der Waals surface area (Å²) in [5, 5.41) is 3.28. The SMILES string of the molecule is CCOOCCNCC(C)(C)C. The van der Waals surface area contributed by atoms with E-state index in [1.54, 1.807) is 0 Å². The second-order valence-corrected chi connectivity index (χ2v) is 3.97. The third kappa shape index (κ3) is 9.88. The second kappa shape index (κ2) is 6.40. The Morgan fingerprint density at radius 3 is 2.33 bits per heavy atom. The summed E-state index contributed by atoms with van der Waals surface area (Å²) in [6.07, 6.45) is 0. The van der Waals surface area contributed by atoms with E-state index in [-0.39, 0.29) is 0 Å². The van der Waals surface area contributed by atoms with Crippen LogP contribution in [-0.2, 0) is 9.78 Å². The highest BCUT2D eigenvalue weighted by molar-refractivity contribution is 4.63. The molecule has 0 radical (unpaired) electrons. The smallest absolute Gasteiger partial charge is 0.0946 e. The maximum atomic E-state index is 4.84. The van der Waals surface area contributed by atoms with Crippen LogP contribution in [0.15, 0.2) is 0 Å². The van der Waals surface area contributed by atoms with Gasteiger partial charge in [-0.25, -0.2) is 9.78 Å². The lowest BCUT2D eigenvalue weighted by atomic mass is 9.97. The van der Waals surface area contributed by atoms with Crippen LogP contribution in [0.5, 0.6) is 0 Å². The molecule has 0 atom stereocenters. The molecule has 3 nitrogen and oxygen atoms in total. The molecule has 12 heavy (non-hydrogen) atoms. The van der Waals surface area contributed by atoms with Gasteiger partial charge in [-0.05, 0) is 12.3 Å². The number of nitrogens with one attached hydrogen (secondary N) is 1. The van der Waals surface area contributed by atoms with Crippen molar-refractivity contribution < 1.29 is 9.78 Å². The Kier molecular flexibility index (Phi) is 6.34. The van der Waals surface area contributed by atoms with Crippen molar-refractivity contribution in [3.8, 4) is 0 Å². The summed E-state index contributed by atoms with van der Waals surface area (Å²) in [5.41, 5.74) is 0.339. The van der Waals surface area contributed by atoms with Gasteiger partial charge in [0.05, 0.1) is 13.2 Å². The van der Waals surface area contributed by atoms with Crippen molar-refractivity contribution in [1.82, 2.24) is 5.32 Å². The zero-order chi connectivity index (χ0) is 9.45. The van der Waals surface area contributed by atoms with Gasteiger partial charge < -0.3 is 5.32 Å². The molecule has 74 valence electrons. The Hall–Kier alpha value is -0.120. The standard InChI is InChI=1S/C9H21NO2/c1-5-11-12-7-6-10-8-9(2,3)4/h10H,5-8H2,1-4H3. The molecule has 0 aromatic carbocycles. The predicted molar refractivity (Wildman–Crippen MR) is 49.9 cm³/mol. The van der Waals surface area contributed by atoms with E-state index in [1.807, 2.05) is 6.92 Å². The van der Waals surface area contributed by atoms with E-state index >= 15 is 0 Å². The fourth-order valence-corrected chi connectivity index (χ4v) is 0.719. The zero-order valence-corrected chi connectivity index (χ0v) is 8.64. The summed E-state index contributed by atoms with van der Waals surface area (Å²) in [6.45, 7) is 11.6. The van der Waals surface area contributed by atoms with Crippen LogP contribution in [-0.4, -0.2) is 26.3 Å². The fraction of sp³-hybridized carbons (Fsp3) is 1.00. The minimum atomic E-state index is 0.339. The van der Waals surface area contributed by atoms with Gasteiger partial charge in [0.25, 0.3) is 0 Å². The highest BCUT2D eigenvalue weighted by Gasteiger charge is 2.07. The van der Waals surface area contributed by atoms with E-state index < -0.39 is 0 Å². The number of hydrogen-bond donors (Lipinski definition) is 1. The maximum absolute atomic E-state index is 4.84. The van der Waals surface area contributed by atoms with Gasteiger partial charge in [0.2, 0.25) is 0 Å². The number of rotatable bonds is 6. The molecule has 0 amide bonds. The molecule has 0 aromatic rings. The first-order valence-electron chi connectivity index (χ1n) is 4.51. The first-order chi connectivity index (χ1) is 5.56. The topological polar surface area (TPSA) is 30.5 Å². The van der Waals surface area contributed by atoms with Gasteiger partial charge >= 0.3 is 0 Å². The van der Waals surface area contributed by atoms with E-state index in [9.17, 15) is 0 Å². The average Bonchev–Trinajstić information content (AvgIpc) is 1.94. The minimum Gasteiger partial charge on any atom is -0.314 e. The maximum Gasteiger partial charge on any atom is 0.0946 e. The van der Waals surface area contributed by atoms with Crippen LogP contribution in [0.25, 0.3) is 0 Å². The Morgan fingerprint density at radius 1 is 1.17 bits per heavy atom. The average molecular weight is 175 g/mol. The van der Waals surface area contributed by atoms with E-state index in [1.165, 1.54) is 0 Å². The van der Waals surface area contributed by atoms with Crippen LogP contribution in [0.3, 0.4) is 0 Å². The Labute approximate surface area is 75.4 Å². The van der Waals surface area contributed by atoms with Crippen molar-refractivity contribution in [2.45, 2.75) is 27.7 Å². The van der Waals surface area contributed by atoms with Crippen molar-refractivity contribution in [2.75, 3.05) is 26.3 Å². The highest BCUT2D eigenvalue weighted by Crippen LogP contribution is 2.09. The lowest BCUT2D eigenvalue weighted by molar-refractivity contribution is -0.289. The van der Waals surface area contributed by atoms with E-state index in [0.717, 1.165) is 13.1 Å². The van der Waals surface area contributed by atoms with Gasteiger partial charge in [0.1, 0.15) is 0 Å². The number of hydrogen-bond acceptors (Lipinski definition) is 3. The van der Waals surface area contributed by atoms with E-state index in [2.05, 4.69) is 26.1 Å². The molecule has 0 heterocycles. The summed E-state index contributed by atoms with van der Waals surface area (Å²) in [5.74, 6) is 0. The molecule has 0 rings (SSSR count). The van der Waals surface area contributed by atoms with Crippen molar-refractivity contribution in [2.24, 2.45) is 5.41 Å². The molecule has 1 N–H and O–H groups in total. The molecule has 0 aliphatic heterocycles. The minimum absolute atomic E-state index is 0.339. The summed E-state index contributed by atoms with van der Waals surface area (Å²) < 4.78 is 0. The second-order valence-electron chi connectivity index (χ2n) is 3.97. The molecule has 0 aliphatic carbocycles. The molecule has 0 saturated carbocycles. The molecule has 0 unspecified atom stereocenters. The van der Waals surface area contributed by atoms with Crippen LogP contribution in [0.4, 0.5) is 0 Å². The summed E-state index contributed by atoms with van der Waals surface area (Å²) in [7, 11) is 0. The molecule has 0 bridgehead atoms. The monoisotopic (exact) mass is 175 g/mol. The molecule has 3 heteroatoms. The third-order valence-corrected chi connectivity index (χ3v) is 1.22. The normalized spacial score (nSPS) is 12.0. The van der Waals surface area contributed by atoms with Gasteiger partial charge in [-0.15, -0.1) is 0 Å². The quantitative estimate of drug-likeness (QED) is 0.378. The Balaban J connectivity index is 3.01. The van der Waals surface area contributed by atoms with Crippen LogP contribution in [0.1, 0.15) is 27.7 Å². The summed E-state index contributed by atoms with van der Waals surface area (Å²) in [4.78, 5) is 9.56. The predicted octanol–water partition coefficient (Wildman–Crippen LogP) is 1.59. The van der Waals surface area contributed by atoms with Gasteiger partial charge in [-0.1, -0.05) is 20.8 Å². The lowest BCUT2D eigenvalue weighted by Crippen LogP contribution is -2.29. The summed E-state index contributed by atoms with van der Waals surface area (Å²) >= 11 is 0. The van der Waals surface area contributed by atoms with Crippen LogP contribution >= 0.6 is 0 Å². The molecular formula is C9H21NO2.